The molecule has 0 unspecified atom stereocenters. The average Bonchev–Trinajstić information content (AvgIpc) is 2.82. The number of amides is 1. The van der Waals surface area contributed by atoms with Crippen molar-refractivity contribution < 1.29 is 22.7 Å². The third-order valence-electron chi connectivity index (χ3n) is 5.09. The SMILES string of the molecule is CCOc1ccc(N(Cc2ccc(C(=O)NCc3ccccc3OCC)cc2)S(C)(=O)=O)cc1. The molecule has 8 heteroatoms. The highest BCUT2D eigenvalue weighted by Crippen LogP contribution is 2.24. The van der Waals surface area contributed by atoms with E-state index in [0.29, 0.717) is 36.8 Å². The molecule has 34 heavy (non-hydrogen) atoms. The minimum Gasteiger partial charge on any atom is -0.494 e. The Morgan fingerprint density at radius 3 is 2.15 bits per heavy atom. The van der Waals surface area contributed by atoms with Gasteiger partial charge in [-0.15, -0.1) is 0 Å². The van der Waals surface area contributed by atoms with Gasteiger partial charge in [0, 0.05) is 17.7 Å². The maximum atomic E-state index is 12.6. The molecule has 3 aromatic rings. The van der Waals surface area contributed by atoms with Gasteiger partial charge in [0.15, 0.2) is 0 Å². The Morgan fingerprint density at radius 1 is 0.882 bits per heavy atom. The molecule has 0 heterocycles. The number of anilines is 1. The van der Waals surface area contributed by atoms with Gasteiger partial charge in [-0.2, -0.15) is 0 Å². The monoisotopic (exact) mass is 482 g/mol. The molecule has 180 valence electrons. The van der Waals surface area contributed by atoms with Crippen molar-refractivity contribution in [3.63, 3.8) is 0 Å². The van der Waals surface area contributed by atoms with Gasteiger partial charge in [-0.05, 0) is 61.9 Å². The Labute approximate surface area is 201 Å². The average molecular weight is 483 g/mol. The fourth-order valence-electron chi connectivity index (χ4n) is 3.43. The Kier molecular flexibility index (Phi) is 8.54. The van der Waals surface area contributed by atoms with Crippen molar-refractivity contribution in [3.8, 4) is 11.5 Å². The number of carbonyl (C=O) groups is 1. The molecule has 0 spiro atoms. The summed E-state index contributed by atoms with van der Waals surface area (Å²) >= 11 is 0. The van der Waals surface area contributed by atoms with Gasteiger partial charge in [0.25, 0.3) is 5.91 Å². The van der Waals surface area contributed by atoms with Crippen LogP contribution in [0.15, 0.2) is 72.8 Å². The molecule has 0 bridgehead atoms. The highest BCUT2D eigenvalue weighted by molar-refractivity contribution is 7.92. The van der Waals surface area contributed by atoms with Gasteiger partial charge in [0.05, 0.1) is 31.7 Å². The highest BCUT2D eigenvalue weighted by Gasteiger charge is 2.18. The van der Waals surface area contributed by atoms with Crippen molar-refractivity contribution in [2.45, 2.75) is 26.9 Å². The predicted molar refractivity (Wildman–Crippen MR) is 134 cm³/mol. The van der Waals surface area contributed by atoms with E-state index in [4.69, 9.17) is 9.47 Å². The standard InChI is InChI=1S/C26H30N2O5S/c1-4-32-24-16-14-23(15-17-24)28(34(3,30)31)19-20-10-12-21(13-11-20)26(29)27-18-22-8-6-7-9-25(22)33-5-2/h6-17H,4-5,18-19H2,1-3H3,(H,27,29). The molecule has 0 radical (unpaired) electrons. The zero-order valence-electron chi connectivity index (χ0n) is 19.7. The van der Waals surface area contributed by atoms with E-state index in [9.17, 15) is 13.2 Å². The Hall–Kier alpha value is -3.52. The van der Waals surface area contributed by atoms with Crippen LogP contribution >= 0.6 is 0 Å². The first-order valence-electron chi connectivity index (χ1n) is 11.1. The third kappa shape index (κ3) is 6.74. The molecule has 1 amide bonds. The number of nitrogens with one attached hydrogen (secondary N) is 1. The van der Waals surface area contributed by atoms with Crippen LogP contribution in [0.5, 0.6) is 11.5 Å². The molecule has 0 atom stereocenters. The van der Waals surface area contributed by atoms with E-state index in [0.717, 1.165) is 16.9 Å². The summed E-state index contributed by atoms with van der Waals surface area (Å²) < 4.78 is 37.2. The lowest BCUT2D eigenvalue weighted by atomic mass is 10.1. The fraction of sp³-hybridized carbons (Fsp3) is 0.269. The molecular weight excluding hydrogens is 452 g/mol. The third-order valence-corrected chi connectivity index (χ3v) is 6.23. The zero-order valence-corrected chi connectivity index (χ0v) is 20.5. The Bertz CT molecular complexity index is 1190. The first kappa shape index (κ1) is 25.1. The summed E-state index contributed by atoms with van der Waals surface area (Å²) in [4.78, 5) is 12.6. The molecule has 0 aliphatic heterocycles. The number of para-hydroxylation sites is 1. The number of hydrogen-bond donors (Lipinski definition) is 1. The number of sulfonamides is 1. The minimum atomic E-state index is -3.51. The number of rotatable bonds is 11. The van der Waals surface area contributed by atoms with Crippen LogP contribution < -0.4 is 19.1 Å². The summed E-state index contributed by atoms with van der Waals surface area (Å²) in [6.45, 7) is 5.38. The van der Waals surface area contributed by atoms with E-state index in [-0.39, 0.29) is 12.5 Å². The van der Waals surface area contributed by atoms with E-state index in [1.54, 1.807) is 48.5 Å². The fourth-order valence-corrected chi connectivity index (χ4v) is 4.31. The van der Waals surface area contributed by atoms with E-state index >= 15 is 0 Å². The topological polar surface area (TPSA) is 84.9 Å². The molecule has 3 rings (SSSR count). The normalized spacial score (nSPS) is 11.0. The van der Waals surface area contributed by atoms with Gasteiger partial charge in [0.2, 0.25) is 10.0 Å². The van der Waals surface area contributed by atoms with Gasteiger partial charge >= 0.3 is 0 Å². The summed E-state index contributed by atoms with van der Waals surface area (Å²) in [6, 6.07) is 21.4. The van der Waals surface area contributed by atoms with Gasteiger partial charge in [-0.1, -0.05) is 30.3 Å². The minimum absolute atomic E-state index is 0.149. The molecule has 1 N–H and O–H groups in total. The molecule has 0 aliphatic carbocycles. The van der Waals surface area contributed by atoms with Crippen molar-refractivity contribution in [1.82, 2.24) is 5.32 Å². The summed E-state index contributed by atoms with van der Waals surface area (Å²) in [6.07, 6.45) is 1.17. The molecule has 0 aliphatic rings. The maximum absolute atomic E-state index is 12.6. The van der Waals surface area contributed by atoms with Crippen molar-refractivity contribution in [2.24, 2.45) is 0 Å². The lowest BCUT2D eigenvalue weighted by Gasteiger charge is -2.23. The lowest BCUT2D eigenvalue weighted by molar-refractivity contribution is 0.0950. The van der Waals surface area contributed by atoms with Crippen LogP contribution in [0.2, 0.25) is 0 Å². The highest BCUT2D eigenvalue weighted by atomic mass is 32.2. The maximum Gasteiger partial charge on any atom is 0.251 e. The number of nitrogens with zero attached hydrogens (tertiary/aromatic N) is 1. The number of ether oxygens (including phenoxy) is 2. The van der Waals surface area contributed by atoms with Crippen LogP contribution in [0.1, 0.15) is 35.3 Å². The summed E-state index contributed by atoms with van der Waals surface area (Å²) in [5.41, 5.74) is 2.69. The van der Waals surface area contributed by atoms with E-state index in [1.165, 1.54) is 10.6 Å². The second-order valence-electron chi connectivity index (χ2n) is 7.62. The smallest absolute Gasteiger partial charge is 0.251 e. The van der Waals surface area contributed by atoms with Crippen molar-refractivity contribution in [1.29, 1.82) is 0 Å². The van der Waals surface area contributed by atoms with Gasteiger partial charge in [-0.25, -0.2) is 8.42 Å². The number of carbonyl (C=O) groups excluding carboxylic acids is 1. The van der Waals surface area contributed by atoms with Crippen molar-refractivity contribution >= 4 is 21.6 Å². The predicted octanol–water partition coefficient (Wildman–Crippen LogP) is 4.38. The van der Waals surface area contributed by atoms with Crippen molar-refractivity contribution in [2.75, 3.05) is 23.8 Å². The second kappa shape index (κ2) is 11.6. The van der Waals surface area contributed by atoms with Crippen LogP contribution in [-0.2, 0) is 23.1 Å². The molecule has 0 aromatic heterocycles. The summed E-state index contributed by atoms with van der Waals surface area (Å²) in [7, 11) is -3.51. The molecule has 0 fully saturated rings. The van der Waals surface area contributed by atoms with Crippen LogP contribution in [0.3, 0.4) is 0 Å². The lowest BCUT2D eigenvalue weighted by Crippen LogP contribution is -2.29. The van der Waals surface area contributed by atoms with E-state index < -0.39 is 10.0 Å². The van der Waals surface area contributed by atoms with Gasteiger partial charge in [0.1, 0.15) is 11.5 Å². The first-order valence-corrected chi connectivity index (χ1v) is 12.9. The largest absolute Gasteiger partial charge is 0.494 e. The molecule has 0 saturated carbocycles. The van der Waals surface area contributed by atoms with E-state index in [2.05, 4.69) is 5.32 Å². The number of hydrogen-bond acceptors (Lipinski definition) is 5. The quantitative estimate of drug-likeness (QED) is 0.438. The first-order chi connectivity index (χ1) is 16.3. The zero-order chi connectivity index (χ0) is 24.6. The Balaban J connectivity index is 1.68. The molecule has 7 nitrogen and oxygen atoms in total. The Morgan fingerprint density at radius 2 is 1.53 bits per heavy atom. The van der Waals surface area contributed by atoms with Crippen LogP contribution in [0.4, 0.5) is 5.69 Å². The number of benzene rings is 3. The molecule has 3 aromatic carbocycles. The second-order valence-corrected chi connectivity index (χ2v) is 9.52. The molecular formula is C26H30N2O5S. The van der Waals surface area contributed by atoms with Gasteiger partial charge < -0.3 is 14.8 Å². The van der Waals surface area contributed by atoms with Crippen LogP contribution in [0, 0.1) is 0 Å². The molecule has 0 saturated heterocycles. The summed E-state index contributed by atoms with van der Waals surface area (Å²) in [5, 5.41) is 2.90. The van der Waals surface area contributed by atoms with Crippen LogP contribution in [0.25, 0.3) is 0 Å². The van der Waals surface area contributed by atoms with Gasteiger partial charge in [-0.3, -0.25) is 9.10 Å². The van der Waals surface area contributed by atoms with Crippen molar-refractivity contribution in [3.05, 3.63) is 89.5 Å². The van der Waals surface area contributed by atoms with E-state index in [1.807, 2.05) is 38.1 Å². The summed E-state index contributed by atoms with van der Waals surface area (Å²) in [5.74, 6) is 1.21. The van der Waals surface area contributed by atoms with Crippen LogP contribution in [-0.4, -0.2) is 33.8 Å².